The lowest BCUT2D eigenvalue weighted by molar-refractivity contribution is 0.0969. The second-order valence-electron chi connectivity index (χ2n) is 4.98. The van der Waals surface area contributed by atoms with Crippen LogP contribution in [-0.4, -0.2) is 20.8 Å². The van der Waals surface area contributed by atoms with Crippen LogP contribution in [-0.2, 0) is 11.3 Å². The molecule has 0 radical (unpaired) electrons. The van der Waals surface area contributed by atoms with E-state index in [1.807, 2.05) is 24.3 Å². The molecule has 0 bridgehead atoms. The minimum atomic E-state index is 0.122. The van der Waals surface area contributed by atoms with Gasteiger partial charge in [0.05, 0.1) is 39.2 Å². The summed E-state index contributed by atoms with van der Waals surface area (Å²) in [5.41, 5.74) is 3.44. The Balaban J connectivity index is 1.88. The molecule has 0 spiro atoms. The number of rotatable bonds is 4. The van der Waals surface area contributed by atoms with Crippen molar-refractivity contribution in [2.45, 2.75) is 12.6 Å². The number of fused-ring (bicyclic) bond motifs is 1. The van der Waals surface area contributed by atoms with E-state index in [2.05, 4.69) is 23.5 Å². The van der Waals surface area contributed by atoms with Crippen molar-refractivity contribution in [3.05, 3.63) is 53.6 Å². The van der Waals surface area contributed by atoms with Crippen molar-refractivity contribution in [3.8, 4) is 11.5 Å². The highest BCUT2D eigenvalue weighted by Gasteiger charge is 2.21. The van der Waals surface area contributed by atoms with Crippen LogP contribution in [0.15, 0.2) is 42.5 Å². The average molecular weight is 285 g/mol. The van der Waals surface area contributed by atoms with E-state index in [0.717, 1.165) is 17.2 Å². The quantitative estimate of drug-likeness (QED) is 0.934. The van der Waals surface area contributed by atoms with Crippen molar-refractivity contribution >= 4 is 5.69 Å². The summed E-state index contributed by atoms with van der Waals surface area (Å²) in [7, 11) is 3.30. The highest BCUT2D eigenvalue weighted by Crippen LogP contribution is 2.34. The maximum absolute atomic E-state index is 5.67. The first kappa shape index (κ1) is 13.8. The van der Waals surface area contributed by atoms with Gasteiger partial charge in [0.15, 0.2) is 0 Å². The zero-order valence-corrected chi connectivity index (χ0v) is 12.3. The van der Waals surface area contributed by atoms with Gasteiger partial charge in [-0.05, 0) is 23.3 Å². The van der Waals surface area contributed by atoms with Crippen LogP contribution < -0.4 is 14.8 Å². The monoisotopic (exact) mass is 285 g/mol. The molecule has 21 heavy (non-hydrogen) atoms. The lowest BCUT2D eigenvalue weighted by atomic mass is 9.99. The van der Waals surface area contributed by atoms with Gasteiger partial charge in [-0.1, -0.05) is 24.3 Å². The van der Waals surface area contributed by atoms with E-state index in [0.29, 0.717) is 13.2 Å². The van der Waals surface area contributed by atoms with Crippen LogP contribution in [0, 0.1) is 0 Å². The van der Waals surface area contributed by atoms with Gasteiger partial charge in [0.25, 0.3) is 0 Å². The Bertz CT molecular complexity index is 627. The van der Waals surface area contributed by atoms with E-state index in [-0.39, 0.29) is 6.04 Å². The number of methoxy groups -OCH3 is 2. The maximum Gasteiger partial charge on any atom is 0.145 e. The van der Waals surface area contributed by atoms with Gasteiger partial charge < -0.3 is 19.5 Å². The maximum atomic E-state index is 5.67. The normalized spacial score (nSPS) is 17.0. The van der Waals surface area contributed by atoms with E-state index in [4.69, 9.17) is 14.2 Å². The van der Waals surface area contributed by atoms with Crippen molar-refractivity contribution < 1.29 is 14.2 Å². The molecule has 1 aliphatic rings. The highest BCUT2D eigenvalue weighted by atomic mass is 16.5. The zero-order chi connectivity index (χ0) is 14.7. The molecule has 0 fully saturated rings. The summed E-state index contributed by atoms with van der Waals surface area (Å²) in [6.45, 7) is 1.32. The van der Waals surface area contributed by atoms with Crippen molar-refractivity contribution in [1.29, 1.82) is 0 Å². The SMILES string of the molecule is COc1ccc(NC2COCc3ccccc32)c(OC)c1. The number of hydrogen-bond donors (Lipinski definition) is 1. The lowest BCUT2D eigenvalue weighted by Gasteiger charge is -2.28. The van der Waals surface area contributed by atoms with Gasteiger partial charge in [0, 0.05) is 6.07 Å². The molecule has 2 aromatic rings. The third-order valence-corrected chi connectivity index (χ3v) is 3.71. The summed E-state index contributed by atoms with van der Waals surface area (Å²) in [6.07, 6.45) is 0. The van der Waals surface area contributed by atoms with Crippen molar-refractivity contribution in [1.82, 2.24) is 0 Å². The molecule has 0 saturated carbocycles. The minimum absolute atomic E-state index is 0.122. The molecule has 1 unspecified atom stereocenters. The topological polar surface area (TPSA) is 39.7 Å². The minimum Gasteiger partial charge on any atom is -0.497 e. The van der Waals surface area contributed by atoms with E-state index in [1.165, 1.54) is 11.1 Å². The second kappa shape index (κ2) is 6.06. The molecule has 1 atom stereocenters. The standard InChI is InChI=1S/C17H19NO3/c1-19-13-7-8-15(17(9-13)20-2)18-16-11-21-10-12-5-3-4-6-14(12)16/h3-9,16,18H,10-11H2,1-2H3. The van der Waals surface area contributed by atoms with Gasteiger partial charge >= 0.3 is 0 Å². The van der Waals surface area contributed by atoms with E-state index in [9.17, 15) is 0 Å². The summed E-state index contributed by atoms with van der Waals surface area (Å²) in [4.78, 5) is 0. The van der Waals surface area contributed by atoms with Crippen LogP contribution in [0.2, 0.25) is 0 Å². The fourth-order valence-electron chi connectivity index (χ4n) is 2.61. The number of ether oxygens (including phenoxy) is 3. The van der Waals surface area contributed by atoms with Crippen molar-refractivity contribution in [2.75, 3.05) is 26.1 Å². The third kappa shape index (κ3) is 2.81. The lowest BCUT2D eigenvalue weighted by Crippen LogP contribution is -2.23. The Kier molecular flexibility index (Phi) is 3.97. The number of anilines is 1. The molecule has 0 aromatic heterocycles. The van der Waals surface area contributed by atoms with Crippen LogP contribution in [0.4, 0.5) is 5.69 Å². The Morgan fingerprint density at radius 3 is 2.76 bits per heavy atom. The predicted molar refractivity (Wildman–Crippen MR) is 82.0 cm³/mol. The largest absolute Gasteiger partial charge is 0.497 e. The Morgan fingerprint density at radius 1 is 1.10 bits per heavy atom. The Labute approximate surface area is 124 Å². The van der Waals surface area contributed by atoms with Gasteiger partial charge in [-0.25, -0.2) is 0 Å². The molecule has 4 nitrogen and oxygen atoms in total. The highest BCUT2D eigenvalue weighted by molar-refractivity contribution is 5.60. The molecular weight excluding hydrogens is 266 g/mol. The van der Waals surface area contributed by atoms with Gasteiger partial charge in [-0.3, -0.25) is 0 Å². The van der Waals surface area contributed by atoms with Crippen LogP contribution in [0.5, 0.6) is 11.5 Å². The van der Waals surface area contributed by atoms with E-state index >= 15 is 0 Å². The smallest absolute Gasteiger partial charge is 0.145 e. The van der Waals surface area contributed by atoms with Crippen molar-refractivity contribution in [3.63, 3.8) is 0 Å². The molecule has 0 aliphatic carbocycles. The Morgan fingerprint density at radius 2 is 1.95 bits per heavy atom. The van der Waals surface area contributed by atoms with E-state index in [1.54, 1.807) is 14.2 Å². The van der Waals surface area contributed by atoms with Crippen LogP contribution >= 0.6 is 0 Å². The molecule has 4 heteroatoms. The van der Waals surface area contributed by atoms with Crippen LogP contribution in [0.25, 0.3) is 0 Å². The fourth-order valence-corrected chi connectivity index (χ4v) is 2.61. The molecule has 110 valence electrons. The van der Waals surface area contributed by atoms with Gasteiger partial charge in [0.2, 0.25) is 0 Å². The Hall–Kier alpha value is -2.20. The molecule has 1 heterocycles. The predicted octanol–water partition coefficient (Wildman–Crippen LogP) is 3.39. The molecular formula is C17H19NO3. The van der Waals surface area contributed by atoms with Crippen molar-refractivity contribution in [2.24, 2.45) is 0 Å². The summed E-state index contributed by atoms with van der Waals surface area (Å²) in [5.74, 6) is 1.54. The van der Waals surface area contributed by atoms with Crippen LogP contribution in [0.3, 0.4) is 0 Å². The van der Waals surface area contributed by atoms with Gasteiger partial charge in [-0.2, -0.15) is 0 Å². The molecule has 3 rings (SSSR count). The van der Waals surface area contributed by atoms with E-state index < -0.39 is 0 Å². The molecule has 0 saturated heterocycles. The molecule has 1 aliphatic heterocycles. The summed E-state index contributed by atoms with van der Waals surface area (Å²) in [5, 5.41) is 3.50. The molecule has 0 amide bonds. The number of benzene rings is 2. The third-order valence-electron chi connectivity index (χ3n) is 3.71. The van der Waals surface area contributed by atoms with Gasteiger partial charge in [0.1, 0.15) is 11.5 Å². The van der Waals surface area contributed by atoms with Gasteiger partial charge in [-0.15, -0.1) is 0 Å². The summed E-state index contributed by atoms with van der Waals surface area (Å²) in [6, 6.07) is 14.2. The first-order valence-corrected chi connectivity index (χ1v) is 6.96. The van der Waals surface area contributed by atoms with Crippen LogP contribution in [0.1, 0.15) is 17.2 Å². The second-order valence-corrected chi connectivity index (χ2v) is 4.98. The fraction of sp³-hybridized carbons (Fsp3) is 0.294. The first-order chi connectivity index (χ1) is 10.3. The molecule has 2 aromatic carbocycles. The first-order valence-electron chi connectivity index (χ1n) is 6.96. The molecule has 1 N–H and O–H groups in total. The summed E-state index contributed by atoms with van der Waals surface area (Å²) >= 11 is 0. The summed E-state index contributed by atoms with van der Waals surface area (Å²) < 4.78 is 16.3. The average Bonchev–Trinajstić information content (AvgIpc) is 2.55. The number of nitrogens with one attached hydrogen (secondary N) is 1. The zero-order valence-electron chi connectivity index (χ0n) is 12.3. The number of hydrogen-bond acceptors (Lipinski definition) is 4.